The summed E-state index contributed by atoms with van der Waals surface area (Å²) in [7, 11) is -0.872. The van der Waals surface area contributed by atoms with E-state index in [-0.39, 0.29) is 9.68 Å². The monoisotopic (exact) mass is 420 g/mol. The molecule has 2 aliphatic carbocycles. The molecule has 26 heavy (non-hydrogen) atoms. The SMILES string of the molecule is COC12SC([Si](C)(C)C)=CC3=C4CCCC4=C(C=C([Si](C)(C)C)S1)C32C. The minimum absolute atomic E-state index is 0.00549. The summed E-state index contributed by atoms with van der Waals surface area (Å²) in [4.78, 5) is 0. The molecule has 0 N–H and O–H groups in total. The number of fused-ring (bicyclic) bond motifs is 1. The van der Waals surface area contributed by atoms with Crippen LogP contribution in [0.5, 0.6) is 0 Å². The highest BCUT2D eigenvalue weighted by molar-refractivity contribution is 8.23. The predicted molar refractivity (Wildman–Crippen MR) is 124 cm³/mol. The molecular weight excluding hydrogens is 389 g/mol. The van der Waals surface area contributed by atoms with Gasteiger partial charge < -0.3 is 4.74 Å². The first-order chi connectivity index (χ1) is 11.9. The normalized spacial score (nSPS) is 34.0. The van der Waals surface area contributed by atoms with Gasteiger partial charge in [0.1, 0.15) is 0 Å². The summed E-state index contributed by atoms with van der Waals surface area (Å²) in [5, 5.41) is 0. The molecule has 0 unspecified atom stereocenters. The van der Waals surface area contributed by atoms with E-state index in [1.807, 2.05) is 7.11 Å². The smallest absolute Gasteiger partial charge is 0.181 e. The number of methoxy groups -OCH3 is 1. The zero-order valence-corrected chi connectivity index (χ0v) is 21.1. The first-order valence-electron chi connectivity index (χ1n) is 9.79. The van der Waals surface area contributed by atoms with Crippen molar-refractivity contribution in [3.8, 4) is 0 Å². The summed E-state index contributed by atoms with van der Waals surface area (Å²) in [6.07, 6.45) is 9.01. The van der Waals surface area contributed by atoms with E-state index >= 15 is 0 Å². The van der Waals surface area contributed by atoms with Crippen molar-refractivity contribution >= 4 is 39.7 Å². The van der Waals surface area contributed by atoms with Crippen LogP contribution in [0.3, 0.4) is 0 Å². The van der Waals surface area contributed by atoms with Gasteiger partial charge in [-0.2, -0.15) is 0 Å². The van der Waals surface area contributed by atoms with Crippen LogP contribution in [0.2, 0.25) is 39.3 Å². The van der Waals surface area contributed by atoms with Gasteiger partial charge in [-0.3, -0.25) is 0 Å². The van der Waals surface area contributed by atoms with Gasteiger partial charge in [-0.1, -0.05) is 75.0 Å². The van der Waals surface area contributed by atoms with Gasteiger partial charge in [0.2, 0.25) is 0 Å². The second-order valence-corrected chi connectivity index (χ2v) is 23.7. The van der Waals surface area contributed by atoms with E-state index in [4.69, 9.17) is 4.74 Å². The van der Waals surface area contributed by atoms with Crippen molar-refractivity contribution in [3.05, 3.63) is 43.5 Å². The molecule has 2 heterocycles. The van der Waals surface area contributed by atoms with E-state index < -0.39 is 16.1 Å². The maximum Gasteiger partial charge on any atom is 0.181 e. The Morgan fingerprint density at radius 1 is 0.846 bits per heavy atom. The number of hydrogen-bond donors (Lipinski definition) is 0. The van der Waals surface area contributed by atoms with Crippen LogP contribution in [0, 0.1) is 5.41 Å². The lowest BCUT2D eigenvalue weighted by Gasteiger charge is -2.54. The van der Waals surface area contributed by atoms with Gasteiger partial charge in [-0.25, -0.2) is 0 Å². The van der Waals surface area contributed by atoms with Gasteiger partial charge in [0.15, 0.2) is 4.27 Å². The summed E-state index contributed by atoms with van der Waals surface area (Å²) in [6, 6.07) is 0. The molecular formula is C21H32OS2Si2. The van der Waals surface area contributed by atoms with Crippen LogP contribution in [0.15, 0.2) is 43.5 Å². The van der Waals surface area contributed by atoms with Crippen LogP contribution in [-0.2, 0) is 4.74 Å². The van der Waals surface area contributed by atoms with Gasteiger partial charge in [0.05, 0.1) is 21.6 Å². The molecule has 1 nitrogen and oxygen atoms in total. The molecule has 0 radical (unpaired) electrons. The molecule has 0 amide bonds. The number of allylic oxidation sites excluding steroid dienone is 4. The van der Waals surface area contributed by atoms with Crippen LogP contribution in [0.4, 0.5) is 0 Å². The second-order valence-electron chi connectivity index (χ2n) is 10.2. The molecule has 4 aliphatic rings. The topological polar surface area (TPSA) is 9.23 Å². The lowest BCUT2D eigenvalue weighted by atomic mass is 9.76. The number of rotatable bonds is 3. The summed E-state index contributed by atoms with van der Waals surface area (Å²) >= 11 is 4.10. The third-order valence-electron chi connectivity index (χ3n) is 6.34. The Morgan fingerprint density at radius 2 is 1.27 bits per heavy atom. The van der Waals surface area contributed by atoms with Gasteiger partial charge in [0, 0.05) is 7.11 Å². The Morgan fingerprint density at radius 3 is 1.62 bits per heavy atom. The summed E-state index contributed by atoms with van der Waals surface area (Å²) in [5.41, 5.74) is 6.50. The lowest BCUT2D eigenvalue weighted by Crippen LogP contribution is -2.50. The quantitative estimate of drug-likeness (QED) is 0.451. The molecule has 0 saturated heterocycles. The maximum absolute atomic E-state index is 6.50. The molecule has 5 heteroatoms. The van der Waals surface area contributed by atoms with Crippen molar-refractivity contribution in [2.75, 3.05) is 7.11 Å². The average Bonchev–Trinajstić information content (AvgIpc) is 3.06. The first kappa shape index (κ1) is 19.4. The predicted octanol–water partition coefficient (Wildman–Crippen LogP) is 7.10. The van der Waals surface area contributed by atoms with Crippen LogP contribution >= 0.6 is 23.5 Å². The Hall–Kier alpha value is 0.0538. The van der Waals surface area contributed by atoms with E-state index in [9.17, 15) is 0 Å². The molecule has 142 valence electrons. The van der Waals surface area contributed by atoms with E-state index in [1.165, 1.54) is 19.3 Å². The largest absolute Gasteiger partial charge is 0.356 e. The minimum atomic E-state index is -1.41. The molecule has 0 aromatic heterocycles. The molecule has 0 aromatic carbocycles. The van der Waals surface area contributed by atoms with E-state index in [0.29, 0.717) is 0 Å². The molecule has 1 fully saturated rings. The van der Waals surface area contributed by atoms with E-state index in [1.54, 1.807) is 31.3 Å². The fourth-order valence-corrected chi connectivity index (χ4v) is 12.3. The molecule has 0 aromatic rings. The van der Waals surface area contributed by atoms with Gasteiger partial charge >= 0.3 is 0 Å². The third kappa shape index (κ3) is 2.46. The van der Waals surface area contributed by atoms with E-state index in [0.717, 1.165) is 0 Å². The van der Waals surface area contributed by atoms with Crippen molar-refractivity contribution < 1.29 is 4.74 Å². The van der Waals surface area contributed by atoms with E-state index in [2.05, 4.69) is 81.9 Å². The average molecular weight is 421 g/mol. The highest BCUT2D eigenvalue weighted by atomic mass is 32.2. The minimum Gasteiger partial charge on any atom is -0.356 e. The lowest BCUT2D eigenvalue weighted by molar-refractivity contribution is 0.0792. The van der Waals surface area contributed by atoms with Crippen molar-refractivity contribution in [1.29, 1.82) is 0 Å². The van der Waals surface area contributed by atoms with Gasteiger partial charge in [0.25, 0.3) is 0 Å². The fraction of sp³-hybridized carbons (Fsp3) is 0.619. The number of hydrogen-bond acceptors (Lipinski definition) is 3. The highest BCUT2D eigenvalue weighted by Crippen LogP contribution is 2.73. The Labute approximate surface area is 169 Å². The Bertz CT molecular complexity index is 745. The fourth-order valence-electron chi connectivity index (χ4n) is 4.74. The molecule has 0 atom stereocenters. The van der Waals surface area contributed by atoms with Crippen molar-refractivity contribution in [1.82, 2.24) is 0 Å². The molecule has 2 aliphatic heterocycles. The zero-order valence-electron chi connectivity index (χ0n) is 17.5. The Kier molecular flexibility index (Phi) is 4.31. The summed E-state index contributed by atoms with van der Waals surface area (Å²) < 4.78 is 9.48. The third-order valence-corrected chi connectivity index (χ3v) is 16.7. The summed E-state index contributed by atoms with van der Waals surface area (Å²) in [6.45, 7) is 17.3. The van der Waals surface area contributed by atoms with Crippen LogP contribution < -0.4 is 0 Å². The van der Waals surface area contributed by atoms with Crippen LogP contribution in [0.1, 0.15) is 26.2 Å². The van der Waals surface area contributed by atoms with Crippen LogP contribution in [-0.4, -0.2) is 27.5 Å². The molecule has 0 bridgehead atoms. The number of ether oxygens (including phenoxy) is 1. The molecule has 1 saturated carbocycles. The van der Waals surface area contributed by atoms with Crippen molar-refractivity contribution in [3.63, 3.8) is 0 Å². The Balaban J connectivity index is 2.02. The standard InChI is InChI=1S/C21H32OS2Si2/c1-20-16-12-18(25(3,4)5)23-21(20,22-2)24-19(26(6,7)8)13-17(20)15-11-9-10-14(15)16/h12-13H,9-11H2,1-8H3. The molecule has 0 spiro atoms. The van der Waals surface area contributed by atoms with Gasteiger partial charge in [-0.05, 0) is 57.5 Å². The van der Waals surface area contributed by atoms with Crippen molar-refractivity contribution in [2.24, 2.45) is 5.41 Å². The highest BCUT2D eigenvalue weighted by Gasteiger charge is 2.63. The second kappa shape index (κ2) is 5.79. The summed E-state index contributed by atoms with van der Waals surface area (Å²) in [5.74, 6) is 0. The maximum atomic E-state index is 6.50. The zero-order chi connectivity index (χ0) is 19.1. The first-order valence-corrected chi connectivity index (χ1v) is 18.4. The van der Waals surface area contributed by atoms with Crippen LogP contribution in [0.25, 0.3) is 0 Å². The number of thioether (sulfide) groups is 2. The molecule has 4 rings (SSSR count). The van der Waals surface area contributed by atoms with Gasteiger partial charge in [-0.15, -0.1) is 0 Å². The van der Waals surface area contributed by atoms with Crippen molar-refractivity contribution in [2.45, 2.75) is 69.7 Å².